The molecule has 0 heterocycles. The van der Waals surface area contributed by atoms with E-state index in [2.05, 4.69) is 5.32 Å². The van der Waals surface area contributed by atoms with Crippen LogP contribution in [0.3, 0.4) is 0 Å². The second-order valence-electron chi connectivity index (χ2n) is 8.94. The van der Waals surface area contributed by atoms with E-state index < -0.39 is 30.0 Å². The summed E-state index contributed by atoms with van der Waals surface area (Å²) < 4.78 is 5.24. The minimum atomic E-state index is -1.32. The first-order valence-electron chi connectivity index (χ1n) is 12.2. The van der Waals surface area contributed by atoms with Crippen molar-refractivity contribution in [3.63, 3.8) is 0 Å². The van der Waals surface area contributed by atoms with Crippen molar-refractivity contribution in [2.75, 3.05) is 0 Å². The number of carbonyl (C=O) groups excluding carboxylic acids is 3. The van der Waals surface area contributed by atoms with Crippen LogP contribution in [-0.4, -0.2) is 40.3 Å². The largest absolute Gasteiger partial charge is 0.445 e. The molecule has 4 N–H and O–H groups in total. The van der Waals surface area contributed by atoms with Gasteiger partial charge in [0.1, 0.15) is 18.7 Å². The average Bonchev–Trinajstić information content (AvgIpc) is 2.93. The molecule has 0 saturated heterocycles. The molecule has 3 aromatic rings. The predicted molar refractivity (Wildman–Crippen MR) is 140 cm³/mol. The molecule has 0 aliphatic heterocycles. The van der Waals surface area contributed by atoms with E-state index in [4.69, 9.17) is 10.5 Å². The first-order chi connectivity index (χ1) is 17.8. The topological polar surface area (TPSA) is 122 Å². The van der Waals surface area contributed by atoms with Crippen LogP contribution in [0.25, 0.3) is 11.1 Å². The Morgan fingerprint density at radius 1 is 0.892 bits per heavy atom. The van der Waals surface area contributed by atoms with Crippen LogP contribution in [0.4, 0.5) is 4.79 Å². The molecule has 3 atom stereocenters. The van der Waals surface area contributed by atoms with Gasteiger partial charge in [0.2, 0.25) is 5.91 Å². The third-order valence-electron chi connectivity index (χ3n) is 6.30. The summed E-state index contributed by atoms with van der Waals surface area (Å²) in [6.45, 7) is 3.64. The minimum Gasteiger partial charge on any atom is -0.445 e. The summed E-state index contributed by atoms with van der Waals surface area (Å²) in [5, 5.41) is 13.6. The molecule has 3 aromatic carbocycles. The van der Waals surface area contributed by atoms with E-state index >= 15 is 0 Å². The van der Waals surface area contributed by atoms with Gasteiger partial charge in [0.25, 0.3) is 5.91 Å². The van der Waals surface area contributed by atoms with Crippen LogP contribution in [0, 0.1) is 5.92 Å². The molecule has 0 spiro atoms. The van der Waals surface area contributed by atoms with Gasteiger partial charge >= 0.3 is 6.09 Å². The highest BCUT2D eigenvalue weighted by Crippen LogP contribution is 2.21. The summed E-state index contributed by atoms with van der Waals surface area (Å²) >= 11 is 0. The second-order valence-corrected chi connectivity index (χ2v) is 8.94. The number of rotatable bonds is 11. The first kappa shape index (κ1) is 27.4. The molecular formula is C29H33N3O5. The Balaban J connectivity index is 1.69. The Morgan fingerprint density at radius 3 is 2.03 bits per heavy atom. The molecule has 3 rings (SSSR count). The highest BCUT2D eigenvalue weighted by atomic mass is 16.5. The molecule has 8 nitrogen and oxygen atoms in total. The van der Waals surface area contributed by atoms with Crippen molar-refractivity contribution >= 4 is 17.9 Å². The summed E-state index contributed by atoms with van der Waals surface area (Å²) in [6.07, 6.45) is -0.257. The van der Waals surface area contributed by atoms with Crippen molar-refractivity contribution in [1.29, 1.82) is 0 Å². The molecular weight excluding hydrogens is 470 g/mol. The molecule has 0 aromatic heterocycles. The Hall–Kier alpha value is -4.17. The van der Waals surface area contributed by atoms with Gasteiger partial charge in [0.15, 0.2) is 0 Å². The Labute approximate surface area is 217 Å². The molecule has 8 heteroatoms. The fraction of sp³-hybridized carbons (Fsp3) is 0.276. The van der Waals surface area contributed by atoms with Gasteiger partial charge in [-0.3, -0.25) is 14.8 Å². The maximum absolute atomic E-state index is 13.2. The lowest BCUT2D eigenvalue weighted by atomic mass is 9.96. The van der Waals surface area contributed by atoms with Crippen molar-refractivity contribution < 1.29 is 24.3 Å². The van der Waals surface area contributed by atoms with Gasteiger partial charge in [-0.05, 0) is 28.2 Å². The monoisotopic (exact) mass is 503 g/mol. The van der Waals surface area contributed by atoms with Gasteiger partial charge in [-0.1, -0.05) is 105 Å². The van der Waals surface area contributed by atoms with Crippen molar-refractivity contribution in [3.8, 4) is 11.1 Å². The number of carbonyl (C=O) groups is 3. The summed E-state index contributed by atoms with van der Waals surface area (Å²) in [6, 6.07) is 23.9. The van der Waals surface area contributed by atoms with Gasteiger partial charge < -0.3 is 15.8 Å². The number of hydroxylamine groups is 2. The van der Waals surface area contributed by atoms with Crippen LogP contribution >= 0.6 is 0 Å². The number of amides is 3. The summed E-state index contributed by atoms with van der Waals surface area (Å²) in [4.78, 5) is 37.9. The highest BCUT2D eigenvalue weighted by Gasteiger charge is 2.35. The van der Waals surface area contributed by atoms with E-state index in [0.29, 0.717) is 17.0 Å². The Kier molecular flexibility index (Phi) is 9.80. The predicted octanol–water partition coefficient (Wildman–Crippen LogP) is 4.31. The average molecular weight is 504 g/mol. The number of nitrogens with one attached hydrogen (secondary N) is 1. The van der Waals surface area contributed by atoms with E-state index in [1.165, 1.54) is 0 Å². The van der Waals surface area contributed by atoms with Crippen molar-refractivity contribution in [3.05, 3.63) is 96.1 Å². The third-order valence-corrected chi connectivity index (χ3v) is 6.30. The number of hydrogen-bond donors (Lipinski definition) is 3. The first-order valence-corrected chi connectivity index (χ1v) is 12.2. The summed E-state index contributed by atoms with van der Waals surface area (Å²) in [5.41, 5.74) is 9.10. The van der Waals surface area contributed by atoms with Crippen LogP contribution in [0.2, 0.25) is 0 Å². The Bertz CT molecular complexity index is 1170. The number of ether oxygens (including phenoxy) is 1. The van der Waals surface area contributed by atoms with E-state index in [0.717, 1.165) is 16.7 Å². The van der Waals surface area contributed by atoms with Gasteiger partial charge in [-0.25, -0.2) is 9.86 Å². The van der Waals surface area contributed by atoms with Crippen LogP contribution in [-0.2, 0) is 27.4 Å². The molecule has 0 saturated carbocycles. The summed E-state index contributed by atoms with van der Waals surface area (Å²) in [7, 11) is 0. The van der Waals surface area contributed by atoms with Crippen molar-refractivity contribution in [2.24, 2.45) is 11.7 Å². The molecule has 37 heavy (non-hydrogen) atoms. The molecule has 0 fully saturated rings. The van der Waals surface area contributed by atoms with E-state index in [1.807, 2.05) is 91.9 Å². The zero-order chi connectivity index (χ0) is 26.8. The molecule has 194 valence electrons. The van der Waals surface area contributed by atoms with Crippen LogP contribution in [0.1, 0.15) is 31.4 Å². The minimum absolute atomic E-state index is 0.0122. The lowest BCUT2D eigenvalue weighted by Gasteiger charge is -2.30. The standard InChI is InChI=1S/C29H33N3O5/c1-3-20(2)26(31-29(35)37-19-22-10-6-4-7-11-22)28(34)32(36)25(27(30)33)18-21-14-16-24(17-15-21)23-12-8-5-9-13-23/h4-17,20,25-26,36H,3,18-19H2,1-2H3,(H2,30,33)(H,31,35)/t20-,25-,26-/m0/s1. The maximum Gasteiger partial charge on any atom is 0.408 e. The number of nitrogens with zero attached hydrogens (tertiary/aromatic N) is 1. The fourth-order valence-corrected chi connectivity index (χ4v) is 3.87. The number of alkyl carbamates (subject to hydrolysis) is 1. The van der Waals surface area contributed by atoms with E-state index in [1.54, 1.807) is 6.92 Å². The maximum atomic E-state index is 13.2. The van der Waals surface area contributed by atoms with Crippen LogP contribution in [0.15, 0.2) is 84.9 Å². The van der Waals surface area contributed by atoms with Crippen molar-refractivity contribution in [1.82, 2.24) is 10.4 Å². The zero-order valence-corrected chi connectivity index (χ0v) is 21.0. The molecule has 0 bridgehead atoms. The van der Waals surface area contributed by atoms with Gasteiger partial charge in [-0.2, -0.15) is 0 Å². The zero-order valence-electron chi connectivity index (χ0n) is 21.0. The molecule has 0 unspecified atom stereocenters. The molecule has 0 aliphatic carbocycles. The number of nitrogens with two attached hydrogens (primary N) is 1. The number of hydrogen-bond acceptors (Lipinski definition) is 5. The molecule has 0 radical (unpaired) electrons. The number of primary amides is 1. The lowest BCUT2D eigenvalue weighted by molar-refractivity contribution is -0.182. The quantitative estimate of drug-likeness (QED) is 0.266. The lowest BCUT2D eigenvalue weighted by Crippen LogP contribution is -2.56. The normalized spacial score (nSPS) is 13.2. The van der Waals surface area contributed by atoms with E-state index in [-0.39, 0.29) is 18.9 Å². The highest BCUT2D eigenvalue weighted by molar-refractivity contribution is 5.90. The van der Waals surface area contributed by atoms with E-state index in [9.17, 15) is 19.6 Å². The fourth-order valence-electron chi connectivity index (χ4n) is 3.87. The SMILES string of the molecule is CC[C@H](C)[C@H](NC(=O)OCc1ccccc1)C(=O)N(O)[C@@H](Cc1ccc(-c2ccccc2)cc1)C(N)=O. The van der Waals surface area contributed by atoms with Crippen LogP contribution in [0.5, 0.6) is 0 Å². The van der Waals surface area contributed by atoms with Gasteiger partial charge in [0.05, 0.1) is 0 Å². The molecule has 3 amide bonds. The van der Waals surface area contributed by atoms with Gasteiger partial charge in [0, 0.05) is 6.42 Å². The molecule has 0 aliphatic rings. The second kappa shape index (κ2) is 13.2. The van der Waals surface area contributed by atoms with Crippen molar-refractivity contribution in [2.45, 2.75) is 45.4 Å². The van der Waals surface area contributed by atoms with Crippen LogP contribution < -0.4 is 11.1 Å². The third kappa shape index (κ3) is 7.65. The Morgan fingerprint density at radius 2 is 1.46 bits per heavy atom. The number of benzene rings is 3. The smallest absolute Gasteiger partial charge is 0.408 e. The summed E-state index contributed by atoms with van der Waals surface area (Å²) in [5.74, 6) is -2.04. The van der Waals surface area contributed by atoms with Gasteiger partial charge in [-0.15, -0.1) is 0 Å².